The first-order valence-electron chi connectivity index (χ1n) is 8.25. The summed E-state index contributed by atoms with van der Waals surface area (Å²) in [5.41, 5.74) is 1.65. The Morgan fingerprint density at radius 1 is 1.00 bits per heavy atom. The lowest BCUT2D eigenvalue weighted by atomic mass is 10.0. The summed E-state index contributed by atoms with van der Waals surface area (Å²) in [6.07, 6.45) is 1.62. The number of carbonyl (C=O) groups is 1. The smallest absolute Gasteiger partial charge is 0.340 e. The van der Waals surface area contributed by atoms with Gasteiger partial charge in [0.25, 0.3) is 5.56 Å². The first-order valence-corrected chi connectivity index (χ1v) is 8.25. The van der Waals surface area contributed by atoms with E-state index in [1.807, 2.05) is 0 Å². The largest absolute Gasteiger partial charge is 0.497 e. The topological polar surface area (TPSA) is 79.7 Å². The van der Waals surface area contributed by atoms with Crippen molar-refractivity contribution in [2.75, 3.05) is 21.3 Å². The van der Waals surface area contributed by atoms with E-state index in [1.54, 1.807) is 58.5 Å². The second kappa shape index (κ2) is 7.11. The number of benzene rings is 1. The summed E-state index contributed by atoms with van der Waals surface area (Å²) in [6, 6.07) is 6.90. The number of fused-ring (bicyclic) bond motifs is 1. The van der Waals surface area contributed by atoms with E-state index in [1.165, 1.54) is 11.7 Å². The van der Waals surface area contributed by atoms with Gasteiger partial charge in [-0.25, -0.2) is 4.79 Å². The summed E-state index contributed by atoms with van der Waals surface area (Å²) < 4.78 is 16.9. The van der Waals surface area contributed by atoms with E-state index < -0.39 is 5.97 Å². The molecule has 0 saturated heterocycles. The molecule has 1 aromatic carbocycles. The van der Waals surface area contributed by atoms with Gasteiger partial charge in [0, 0.05) is 29.8 Å². The van der Waals surface area contributed by atoms with Crippen molar-refractivity contribution in [3.63, 3.8) is 0 Å². The van der Waals surface area contributed by atoms with Crippen molar-refractivity contribution in [1.29, 1.82) is 0 Å². The van der Waals surface area contributed by atoms with Gasteiger partial charge in [-0.15, -0.1) is 0 Å². The number of methoxy groups -OCH3 is 3. The minimum Gasteiger partial charge on any atom is -0.497 e. The van der Waals surface area contributed by atoms with Gasteiger partial charge in [-0.05, 0) is 19.9 Å². The number of rotatable bonds is 4. The van der Waals surface area contributed by atoms with Crippen LogP contribution in [0.15, 0.2) is 35.3 Å². The molecule has 0 saturated carbocycles. The monoisotopic (exact) mass is 368 g/mol. The molecule has 2 aromatic heterocycles. The molecule has 27 heavy (non-hydrogen) atoms. The molecule has 0 N–H and O–H groups in total. The predicted molar refractivity (Wildman–Crippen MR) is 101 cm³/mol. The van der Waals surface area contributed by atoms with Crippen molar-refractivity contribution in [3.05, 3.63) is 57.8 Å². The highest BCUT2D eigenvalue weighted by atomic mass is 16.5. The number of aromatic nitrogens is 2. The lowest BCUT2D eigenvalue weighted by Crippen LogP contribution is -2.21. The highest BCUT2D eigenvalue weighted by Gasteiger charge is 2.20. The summed E-state index contributed by atoms with van der Waals surface area (Å²) in [7, 11) is 4.39. The minimum absolute atomic E-state index is 0.294. The van der Waals surface area contributed by atoms with Crippen molar-refractivity contribution in [2.45, 2.75) is 13.8 Å². The molecule has 2 heterocycles. The van der Waals surface area contributed by atoms with E-state index in [9.17, 15) is 9.59 Å². The summed E-state index contributed by atoms with van der Waals surface area (Å²) in [4.78, 5) is 29.8. The van der Waals surface area contributed by atoms with Gasteiger partial charge in [0.15, 0.2) is 0 Å². The molecule has 3 rings (SSSR count). The summed E-state index contributed by atoms with van der Waals surface area (Å²) in [5, 5.41) is 0.883. The van der Waals surface area contributed by atoms with Crippen molar-refractivity contribution in [1.82, 2.24) is 9.55 Å². The molecule has 0 aliphatic carbocycles. The number of ether oxygens (including phenoxy) is 3. The molecule has 0 aliphatic heterocycles. The quantitative estimate of drug-likeness (QED) is 0.659. The van der Waals surface area contributed by atoms with Crippen molar-refractivity contribution < 1.29 is 19.0 Å². The molecule has 0 fully saturated rings. The fraction of sp³-hybridized carbons (Fsp3) is 0.250. The summed E-state index contributed by atoms with van der Waals surface area (Å²) >= 11 is 0. The van der Waals surface area contributed by atoms with Crippen LogP contribution in [0.1, 0.15) is 21.7 Å². The lowest BCUT2D eigenvalue weighted by Gasteiger charge is -2.14. The van der Waals surface area contributed by atoms with E-state index in [4.69, 9.17) is 14.2 Å². The SMILES string of the molecule is COC(=O)c1c(C)nc(C)c2c(=O)n(-c3cc(OC)cc(OC)c3)ccc12. The number of aryl methyl sites for hydroxylation is 2. The Bertz CT molecular complexity index is 1080. The summed E-state index contributed by atoms with van der Waals surface area (Å²) in [6.45, 7) is 3.46. The highest BCUT2D eigenvalue weighted by Crippen LogP contribution is 2.26. The Balaban J connectivity index is 2.35. The molecule has 7 heteroatoms. The number of pyridine rings is 2. The molecule has 0 aliphatic rings. The lowest BCUT2D eigenvalue weighted by molar-refractivity contribution is 0.0601. The third-order valence-electron chi connectivity index (χ3n) is 4.42. The standard InChI is InChI=1S/C20H20N2O5/c1-11-17-16(18(12(2)21-11)20(24)27-5)6-7-22(19(17)23)13-8-14(25-3)10-15(9-13)26-4/h6-10H,1-5H3. The minimum atomic E-state index is -0.523. The van der Waals surface area contributed by atoms with Gasteiger partial charge in [-0.1, -0.05) is 0 Å². The molecule has 140 valence electrons. The van der Waals surface area contributed by atoms with E-state index >= 15 is 0 Å². The number of nitrogens with zero attached hydrogens (tertiary/aromatic N) is 2. The zero-order chi connectivity index (χ0) is 19.7. The van der Waals surface area contributed by atoms with Crippen LogP contribution in [0, 0.1) is 13.8 Å². The number of carbonyl (C=O) groups excluding carboxylic acids is 1. The maximum absolute atomic E-state index is 13.2. The first kappa shape index (κ1) is 18.4. The average Bonchev–Trinajstić information content (AvgIpc) is 2.66. The molecule has 7 nitrogen and oxygen atoms in total. The maximum Gasteiger partial charge on any atom is 0.340 e. The van der Waals surface area contributed by atoms with Crippen LogP contribution in [0.4, 0.5) is 0 Å². The second-order valence-corrected chi connectivity index (χ2v) is 6.00. The highest BCUT2D eigenvalue weighted by molar-refractivity contribution is 6.05. The number of hydrogen-bond donors (Lipinski definition) is 0. The zero-order valence-corrected chi connectivity index (χ0v) is 15.8. The molecule has 3 aromatic rings. The third-order valence-corrected chi connectivity index (χ3v) is 4.42. The van der Waals surface area contributed by atoms with E-state index in [0.29, 0.717) is 44.9 Å². The first-order chi connectivity index (χ1) is 12.9. The van der Waals surface area contributed by atoms with Crippen LogP contribution in [-0.2, 0) is 4.74 Å². The molecular formula is C20H20N2O5. The Kier molecular flexibility index (Phi) is 4.85. The van der Waals surface area contributed by atoms with Crippen LogP contribution in [0.25, 0.3) is 16.5 Å². The van der Waals surface area contributed by atoms with Crippen LogP contribution in [0.3, 0.4) is 0 Å². The van der Waals surface area contributed by atoms with Crippen LogP contribution < -0.4 is 15.0 Å². The van der Waals surface area contributed by atoms with Crippen molar-refractivity contribution in [2.24, 2.45) is 0 Å². The van der Waals surface area contributed by atoms with E-state index in [2.05, 4.69) is 4.98 Å². The average molecular weight is 368 g/mol. The third kappa shape index (κ3) is 3.12. The van der Waals surface area contributed by atoms with Gasteiger partial charge < -0.3 is 14.2 Å². The number of esters is 1. The van der Waals surface area contributed by atoms with E-state index in [0.717, 1.165) is 0 Å². The maximum atomic E-state index is 13.2. The molecule has 0 bridgehead atoms. The molecule has 0 unspecified atom stereocenters. The Hall–Kier alpha value is -3.35. The van der Waals surface area contributed by atoms with Crippen LogP contribution >= 0.6 is 0 Å². The van der Waals surface area contributed by atoms with Crippen LogP contribution in [-0.4, -0.2) is 36.8 Å². The van der Waals surface area contributed by atoms with Gasteiger partial charge in [0.2, 0.25) is 0 Å². The Morgan fingerprint density at radius 2 is 1.63 bits per heavy atom. The fourth-order valence-electron chi connectivity index (χ4n) is 3.15. The van der Waals surface area contributed by atoms with Gasteiger partial charge in [-0.2, -0.15) is 0 Å². The van der Waals surface area contributed by atoms with Crippen LogP contribution in [0.2, 0.25) is 0 Å². The molecular weight excluding hydrogens is 348 g/mol. The van der Waals surface area contributed by atoms with Gasteiger partial charge in [0.1, 0.15) is 11.5 Å². The molecule has 0 atom stereocenters. The predicted octanol–water partition coefficient (Wildman–Crippen LogP) is 2.81. The Labute approximate surface area is 156 Å². The summed E-state index contributed by atoms with van der Waals surface area (Å²) in [5.74, 6) is 0.598. The Morgan fingerprint density at radius 3 is 2.19 bits per heavy atom. The zero-order valence-electron chi connectivity index (χ0n) is 15.8. The van der Waals surface area contributed by atoms with Crippen molar-refractivity contribution in [3.8, 4) is 17.2 Å². The molecule has 0 spiro atoms. The van der Waals surface area contributed by atoms with Gasteiger partial charge in [0.05, 0.1) is 49.4 Å². The van der Waals surface area contributed by atoms with E-state index in [-0.39, 0.29) is 5.56 Å². The second-order valence-electron chi connectivity index (χ2n) is 6.00. The molecule has 0 radical (unpaired) electrons. The molecule has 0 amide bonds. The van der Waals surface area contributed by atoms with Gasteiger partial charge in [-0.3, -0.25) is 14.3 Å². The van der Waals surface area contributed by atoms with Gasteiger partial charge >= 0.3 is 5.97 Å². The fourth-order valence-corrected chi connectivity index (χ4v) is 3.15. The normalized spacial score (nSPS) is 10.7. The van der Waals surface area contributed by atoms with Crippen LogP contribution in [0.5, 0.6) is 11.5 Å². The number of hydrogen-bond acceptors (Lipinski definition) is 6. The van der Waals surface area contributed by atoms with Crippen molar-refractivity contribution >= 4 is 16.7 Å².